The first-order valence-corrected chi connectivity index (χ1v) is 11.6. The second-order valence-electron chi connectivity index (χ2n) is 8.76. The highest BCUT2D eigenvalue weighted by Gasteiger charge is 2.24. The van der Waals surface area contributed by atoms with Crippen molar-refractivity contribution in [1.82, 2.24) is 34.2 Å². The van der Waals surface area contributed by atoms with Gasteiger partial charge in [0.15, 0.2) is 5.82 Å². The maximum atomic E-state index is 12.9. The zero-order chi connectivity index (χ0) is 23.9. The third kappa shape index (κ3) is 3.72. The predicted octanol–water partition coefficient (Wildman–Crippen LogP) is 2.87. The number of aliphatic hydroxyl groups excluding tert-OH is 1. The number of alkyl halides is 1. The van der Waals surface area contributed by atoms with E-state index in [0.717, 1.165) is 46.3 Å². The number of nitrogen functional groups attached to an aromatic ring is 1. The number of nitrogens with two attached hydrogens (primary N) is 1. The number of aliphatic hydroxyl groups is 1. The molecule has 0 bridgehead atoms. The van der Waals surface area contributed by atoms with Gasteiger partial charge in [0.05, 0.1) is 35.7 Å². The van der Waals surface area contributed by atoms with Gasteiger partial charge in [-0.2, -0.15) is 15.3 Å². The predicted molar refractivity (Wildman–Crippen MR) is 128 cm³/mol. The molecule has 1 aromatic carbocycles. The highest BCUT2D eigenvalue weighted by molar-refractivity contribution is 5.92. The van der Waals surface area contributed by atoms with E-state index in [1.54, 1.807) is 21.6 Å². The summed E-state index contributed by atoms with van der Waals surface area (Å²) in [7, 11) is 0. The molecule has 6 rings (SSSR count). The monoisotopic (exact) mass is 476 g/mol. The molecule has 0 aliphatic carbocycles. The minimum absolute atomic E-state index is 0.0724. The van der Waals surface area contributed by atoms with Crippen molar-refractivity contribution in [3.63, 3.8) is 0 Å². The number of nitrogens with zero attached hydrogens (tertiary/aromatic N) is 7. The lowest BCUT2D eigenvalue weighted by Gasteiger charge is -2.24. The first-order chi connectivity index (χ1) is 17.1. The third-order valence-corrected chi connectivity index (χ3v) is 6.57. The van der Waals surface area contributed by atoms with Crippen LogP contribution in [0.1, 0.15) is 18.9 Å². The second-order valence-corrected chi connectivity index (χ2v) is 8.76. The molecule has 1 atom stereocenters. The maximum absolute atomic E-state index is 12.9. The topological polar surface area (TPSA) is 121 Å². The molecule has 10 nitrogen and oxygen atoms in total. The molecule has 0 spiro atoms. The number of rotatable bonds is 6. The van der Waals surface area contributed by atoms with Gasteiger partial charge in [0.25, 0.3) is 0 Å². The summed E-state index contributed by atoms with van der Waals surface area (Å²) in [5, 5.41) is 24.1. The molecular formula is C24H25FN8O2. The number of hydrogen-bond donors (Lipinski definition) is 2. The molecule has 1 unspecified atom stereocenters. The average Bonchev–Trinajstić information content (AvgIpc) is 3.62. The van der Waals surface area contributed by atoms with Gasteiger partial charge >= 0.3 is 0 Å². The molecule has 1 fully saturated rings. The van der Waals surface area contributed by atoms with Crippen LogP contribution in [0.25, 0.3) is 38.9 Å². The summed E-state index contributed by atoms with van der Waals surface area (Å²) in [6, 6.07) is 10.2. The van der Waals surface area contributed by atoms with Gasteiger partial charge in [0, 0.05) is 35.9 Å². The summed E-state index contributed by atoms with van der Waals surface area (Å²) >= 11 is 0. The molecule has 3 N–H and O–H groups in total. The van der Waals surface area contributed by atoms with E-state index in [2.05, 4.69) is 20.3 Å². The molecule has 5 heterocycles. The van der Waals surface area contributed by atoms with Crippen LogP contribution in [0.5, 0.6) is 0 Å². The van der Waals surface area contributed by atoms with Crippen LogP contribution >= 0.6 is 0 Å². The lowest BCUT2D eigenvalue weighted by Crippen LogP contribution is -2.21. The van der Waals surface area contributed by atoms with Crippen LogP contribution in [0.3, 0.4) is 0 Å². The van der Waals surface area contributed by atoms with Crippen molar-refractivity contribution in [2.24, 2.45) is 0 Å². The van der Waals surface area contributed by atoms with Crippen molar-refractivity contribution in [3.8, 4) is 22.5 Å². The van der Waals surface area contributed by atoms with Crippen molar-refractivity contribution >= 4 is 22.2 Å². The molecule has 0 amide bonds. The zero-order valence-corrected chi connectivity index (χ0v) is 19.0. The second kappa shape index (κ2) is 8.75. The average molecular weight is 477 g/mol. The summed E-state index contributed by atoms with van der Waals surface area (Å²) in [5.74, 6) is 0.373. The summed E-state index contributed by atoms with van der Waals surface area (Å²) < 4.78 is 23.9. The fourth-order valence-electron chi connectivity index (χ4n) is 4.84. The zero-order valence-electron chi connectivity index (χ0n) is 19.0. The Hall–Kier alpha value is -3.83. The number of ether oxygens (including phenoxy) is 1. The first-order valence-electron chi connectivity index (χ1n) is 11.6. The number of fused-ring (bicyclic) bond motifs is 2. The molecule has 35 heavy (non-hydrogen) atoms. The largest absolute Gasteiger partial charge is 0.388 e. The Balaban J connectivity index is 1.50. The molecule has 1 aliphatic rings. The van der Waals surface area contributed by atoms with Gasteiger partial charge in [-0.05, 0) is 31.0 Å². The Kier molecular flexibility index (Phi) is 5.42. The number of halogens is 1. The van der Waals surface area contributed by atoms with E-state index in [0.29, 0.717) is 24.5 Å². The van der Waals surface area contributed by atoms with Crippen molar-refractivity contribution in [3.05, 3.63) is 49.1 Å². The van der Waals surface area contributed by atoms with E-state index in [4.69, 9.17) is 10.5 Å². The number of hydrogen-bond acceptors (Lipinski definition) is 7. The third-order valence-electron chi connectivity index (χ3n) is 6.57. The molecule has 1 aliphatic heterocycles. The highest BCUT2D eigenvalue weighted by atomic mass is 19.1. The fourth-order valence-corrected chi connectivity index (χ4v) is 4.84. The lowest BCUT2D eigenvalue weighted by atomic mass is 10.1. The standard InChI is InChI=1S/C24H25FN8O2/c25-11-18(34)13-31-21-9-15(1-2-16(21)12-29-31)22-10-19(23-24(26)27-14-30-33(22)23)20-3-6-28-32(20)17-4-7-35-8-5-17/h1-3,6,9-10,12,14,17-18,34H,4-5,7-8,11,13H2,(H2,26,27,30). The van der Waals surface area contributed by atoms with Crippen molar-refractivity contribution in [1.29, 1.82) is 0 Å². The molecule has 11 heteroatoms. The first kappa shape index (κ1) is 21.7. The molecular weight excluding hydrogens is 451 g/mol. The van der Waals surface area contributed by atoms with Crippen LogP contribution in [0, 0.1) is 0 Å². The van der Waals surface area contributed by atoms with Gasteiger partial charge in [-0.15, -0.1) is 0 Å². The van der Waals surface area contributed by atoms with E-state index in [1.165, 1.54) is 6.33 Å². The van der Waals surface area contributed by atoms with E-state index in [9.17, 15) is 9.50 Å². The van der Waals surface area contributed by atoms with Crippen LogP contribution < -0.4 is 5.73 Å². The van der Waals surface area contributed by atoms with Crippen LogP contribution in [-0.2, 0) is 11.3 Å². The number of benzene rings is 1. The highest BCUT2D eigenvalue weighted by Crippen LogP contribution is 2.37. The van der Waals surface area contributed by atoms with E-state index in [1.807, 2.05) is 35.0 Å². The Labute approximate surface area is 199 Å². The summed E-state index contributed by atoms with van der Waals surface area (Å²) in [5.41, 5.74) is 11.4. The van der Waals surface area contributed by atoms with E-state index in [-0.39, 0.29) is 12.6 Å². The molecule has 5 aromatic rings. The van der Waals surface area contributed by atoms with Crippen LogP contribution in [0.15, 0.2) is 49.1 Å². The van der Waals surface area contributed by atoms with Crippen molar-refractivity contribution < 1.29 is 14.2 Å². The normalized spacial score (nSPS) is 15.8. The minimum Gasteiger partial charge on any atom is -0.388 e. The number of aromatic nitrogens is 7. The SMILES string of the molecule is Nc1ncnn2c(-c3ccc4cnn(CC(O)CF)c4c3)cc(-c3ccnn3C3CCOCC3)c12. The molecule has 180 valence electrons. The van der Waals surface area contributed by atoms with Gasteiger partial charge in [-0.3, -0.25) is 9.36 Å². The van der Waals surface area contributed by atoms with Crippen molar-refractivity contribution in [2.75, 3.05) is 25.6 Å². The quantitative estimate of drug-likeness (QED) is 0.386. The molecule has 0 radical (unpaired) electrons. The van der Waals surface area contributed by atoms with E-state index >= 15 is 0 Å². The fraction of sp³-hybridized carbons (Fsp3) is 0.333. The summed E-state index contributed by atoms with van der Waals surface area (Å²) in [6.07, 6.45) is 5.62. The molecule has 4 aromatic heterocycles. The Morgan fingerprint density at radius 3 is 2.80 bits per heavy atom. The maximum Gasteiger partial charge on any atom is 0.152 e. The van der Waals surface area contributed by atoms with Crippen LogP contribution in [0.4, 0.5) is 10.2 Å². The van der Waals surface area contributed by atoms with E-state index < -0.39 is 12.8 Å². The van der Waals surface area contributed by atoms with Crippen LogP contribution in [0.2, 0.25) is 0 Å². The minimum atomic E-state index is -1.11. The smallest absolute Gasteiger partial charge is 0.152 e. The van der Waals surface area contributed by atoms with Gasteiger partial charge < -0.3 is 15.6 Å². The van der Waals surface area contributed by atoms with Gasteiger partial charge in [-0.25, -0.2) is 13.9 Å². The van der Waals surface area contributed by atoms with Crippen molar-refractivity contribution in [2.45, 2.75) is 31.5 Å². The number of anilines is 1. The molecule has 1 saturated heterocycles. The van der Waals surface area contributed by atoms with Crippen LogP contribution in [-0.4, -0.2) is 65.3 Å². The van der Waals surface area contributed by atoms with Gasteiger partial charge in [0.1, 0.15) is 24.6 Å². The Morgan fingerprint density at radius 1 is 1.11 bits per heavy atom. The lowest BCUT2D eigenvalue weighted by molar-refractivity contribution is 0.0667. The Morgan fingerprint density at radius 2 is 1.97 bits per heavy atom. The molecule has 0 saturated carbocycles. The summed E-state index contributed by atoms with van der Waals surface area (Å²) in [4.78, 5) is 4.24. The Bertz CT molecular complexity index is 1500. The van der Waals surface area contributed by atoms with Gasteiger partial charge in [-0.1, -0.05) is 12.1 Å². The van der Waals surface area contributed by atoms with Gasteiger partial charge in [0.2, 0.25) is 0 Å². The summed E-state index contributed by atoms with van der Waals surface area (Å²) in [6.45, 7) is 0.664.